The summed E-state index contributed by atoms with van der Waals surface area (Å²) in [5.74, 6) is 0.443. The van der Waals surface area contributed by atoms with E-state index in [1.807, 2.05) is 12.1 Å². The highest BCUT2D eigenvalue weighted by Crippen LogP contribution is 2.29. The minimum atomic E-state index is -0.350. The van der Waals surface area contributed by atoms with Crippen LogP contribution in [0.1, 0.15) is 10.6 Å². The fraction of sp³-hybridized carbons (Fsp3) is 0.0625. The molecule has 112 valence electrons. The highest BCUT2D eigenvalue weighted by molar-refractivity contribution is 9.10. The van der Waals surface area contributed by atoms with Gasteiger partial charge in [0.25, 0.3) is 5.91 Å². The number of methoxy groups -OCH3 is 1. The van der Waals surface area contributed by atoms with E-state index < -0.39 is 0 Å². The third kappa shape index (κ3) is 2.82. The zero-order chi connectivity index (χ0) is 15.7. The number of para-hydroxylation sites is 1. The average Bonchev–Trinajstić information content (AvgIpc) is 2.95. The summed E-state index contributed by atoms with van der Waals surface area (Å²) in [4.78, 5) is 12.3. The zero-order valence-corrected chi connectivity index (χ0v) is 13.9. The van der Waals surface area contributed by atoms with Crippen LogP contribution in [-0.2, 0) is 0 Å². The molecule has 0 saturated heterocycles. The molecule has 0 saturated carbocycles. The first-order chi connectivity index (χ1) is 10.6. The Hall–Kier alpha value is -1.98. The summed E-state index contributed by atoms with van der Waals surface area (Å²) in [6.45, 7) is 0. The van der Waals surface area contributed by atoms with Crippen molar-refractivity contribution in [1.29, 1.82) is 0 Å². The molecule has 1 amide bonds. The molecule has 0 aliphatic rings. The number of amides is 1. The number of rotatable bonds is 3. The summed E-state index contributed by atoms with van der Waals surface area (Å²) in [6.07, 6.45) is 0. The van der Waals surface area contributed by atoms with Crippen molar-refractivity contribution in [3.8, 4) is 5.75 Å². The molecule has 4 nitrogen and oxygen atoms in total. The molecule has 2 aromatic carbocycles. The summed E-state index contributed by atoms with van der Waals surface area (Å²) < 4.78 is 11.6. The first-order valence-corrected chi connectivity index (χ1v) is 7.58. The number of carbonyl (C=O) groups excluding carboxylic acids is 1. The van der Waals surface area contributed by atoms with Gasteiger partial charge in [0, 0.05) is 15.5 Å². The smallest absolute Gasteiger partial charge is 0.291 e. The number of ether oxygens (including phenoxy) is 1. The van der Waals surface area contributed by atoms with Gasteiger partial charge in [-0.2, -0.15) is 0 Å². The molecule has 0 atom stereocenters. The molecule has 1 aromatic heterocycles. The van der Waals surface area contributed by atoms with Gasteiger partial charge in [0.05, 0.1) is 12.1 Å². The van der Waals surface area contributed by atoms with Crippen molar-refractivity contribution in [2.45, 2.75) is 0 Å². The van der Waals surface area contributed by atoms with Gasteiger partial charge in [0.1, 0.15) is 0 Å². The number of benzene rings is 2. The van der Waals surface area contributed by atoms with Crippen molar-refractivity contribution < 1.29 is 13.9 Å². The van der Waals surface area contributed by atoms with Gasteiger partial charge in [0.15, 0.2) is 17.1 Å². The Bertz CT molecular complexity index is 860. The first-order valence-electron chi connectivity index (χ1n) is 6.41. The quantitative estimate of drug-likeness (QED) is 0.687. The fourth-order valence-electron chi connectivity index (χ4n) is 2.08. The van der Waals surface area contributed by atoms with Crippen molar-refractivity contribution in [3.05, 3.63) is 57.7 Å². The number of fused-ring (bicyclic) bond motifs is 1. The highest BCUT2D eigenvalue weighted by atomic mass is 79.9. The number of nitrogens with one attached hydrogen (secondary N) is 1. The van der Waals surface area contributed by atoms with Crippen molar-refractivity contribution >= 4 is 50.1 Å². The van der Waals surface area contributed by atoms with E-state index in [4.69, 9.17) is 20.8 Å². The number of anilines is 1. The Labute approximate surface area is 140 Å². The predicted molar refractivity (Wildman–Crippen MR) is 89.9 cm³/mol. The second-order valence-corrected chi connectivity index (χ2v) is 5.83. The molecule has 1 N–H and O–H groups in total. The normalized spacial score (nSPS) is 10.7. The monoisotopic (exact) mass is 379 g/mol. The Balaban J connectivity index is 1.90. The lowest BCUT2D eigenvalue weighted by molar-refractivity contribution is 0.0998. The van der Waals surface area contributed by atoms with Crippen LogP contribution in [-0.4, -0.2) is 13.0 Å². The van der Waals surface area contributed by atoms with Crippen LogP contribution >= 0.6 is 27.5 Å². The molecule has 3 rings (SSSR count). The summed E-state index contributed by atoms with van der Waals surface area (Å²) in [5, 5.41) is 4.07. The van der Waals surface area contributed by atoms with E-state index in [0.29, 0.717) is 22.0 Å². The van der Waals surface area contributed by atoms with Gasteiger partial charge in [0.2, 0.25) is 0 Å². The van der Waals surface area contributed by atoms with Gasteiger partial charge in [-0.25, -0.2) is 0 Å². The van der Waals surface area contributed by atoms with Gasteiger partial charge in [-0.15, -0.1) is 0 Å². The molecular weight excluding hydrogens is 370 g/mol. The minimum Gasteiger partial charge on any atom is -0.493 e. The third-order valence-electron chi connectivity index (χ3n) is 3.13. The maximum atomic E-state index is 12.3. The highest BCUT2D eigenvalue weighted by Gasteiger charge is 2.15. The van der Waals surface area contributed by atoms with Crippen LogP contribution in [0, 0.1) is 0 Å². The largest absolute Gasteiger partial charge is 0.493 e. The van der Waals surface area contributed by atoms with Crippen molar-refractivity contribution in [2.75, 3.05) is 12.4 Å². The lowest BCUT2D eigenvalue weighted by atomic mass is 10.2. The lowest BCUT2D eigenvalue weighted by Crippen LogP contribution is -2.10. The number of halogens is 2. The Morgan fingerprint density at radius 1 is 1.27 bits per heavy atom. The molecule has 0 aliphatic heterocycles. The van der Waals surface area contributed by atoms with Crippen LogP contribution in [0.25, 0.3) is 11.0 Å². The molecule has 22 heavy (non-hydrogen) atoms. The Morgan fingerprint density at radius 2 is 2.09 bits per heavy atom. The SMILES string of the molecule is COc1cccc2cc(C(=O)Nc3ccc(Br)c(Cl)c3)oc12. The lowest BCUT2D eigenvalue weighted by Gasteiger charge is -2.04. The van der Waals surface area contributed by atoms with Crippen molar-refractivity contribution in [1.82, 2.24) is 0 Å². The van der Waals surface area contributed by atoms with Crippen LogP contribution in [0.4, 0.5) is 5.69 Å². The fourth-order valence-corrected chi connectivity index (χ4v) is 2.50. The number of hydrogen-bond acceptors (Lipinski definition) is 3. The average molecular weight is 381 g/mol. The van der Waals surface area contributed by atoms with Crippen LogP contribution < -0.4 is 10.1 Å². The third-order valence-corrected chi connectivity index (χ3v) is 4.36. The van der Waals surface area contributed by atoms with E-state index in [9.17, 15) is 4.79 Å². The molecule has 0 fully saturated rings. The molecular formula is C16H11BrClNO3. The molecule has 0 aliphatic carbocycles. The van der Waals surface area contributed by atoms with Crippen LogP contribution in [0.15, 0.2) is 51.4 Å². The van der Waals surface area contributed by atoms with E-state index in [0.717, 1.165) is 9.86 Å². The number of furan rings is 1. The van der Waals surface area contributed by atoms with Crippen LogP contribution in [0.5, 0.6) is 5.75 Å². The molecule has 0 radical (unpaired) electrons. The summed E-state index contributed by atoms with van der Waals surface area (Å²) in [6, 6.07) is 12.3. The molecule has 1 heterocycles. The standard InChI is InChI=1S/C16H11BrClNO3/c1-21-13-4-2-3-9-7-14(22-15(9)13)16(20)19-10-5-6-11(17)12(18)8-10/h2-8H,1H3,(H,19,20). The molecule has 3 aromatic rings. The summed E-state index contributed by atoms with van der Waals surface area (Å²) in [5.41, 5.74) is 1.13. The zero-order valence-electron chi connectivity index (χ0n) is 11.5. The van der Waals surface area contributed by atoms with Crippen LogP contribution in [0.2, 0.25) is 5.02 Å². The van der Waals surface area contributed by atoms with Gasteiger partial charge >= 0.3 is 0 Å². The summed E-state index contributed by atoms with van der Waals surface area (Å²) >= 11 is 9.31. The predicted octanol–water partition coefficient (Wildman–Crippen LogP) is 5.11. The molecule has 0 unspecified atom stereocenters. The summed E-state index contributed by atoms with van der Waals surface area (Å²) in [7, 11) is 1.56. The molecule has 0 spiro atoms. The minimum absolute atomic E-state index is 0.207. The van der Waals surface area contributed by atoms with E-state index >= 15 is 0 Å². The van der Waals surface area contributed by atoms with Crippen LogP contribution in [0.3, 0.4) is 0 Å². The van der Waals surface area contributed by atoms with E-state index in [1.165, 1.54) is 0 Å². The van der Waals surface area contributed by atoms with Gasteiger partial charge in [-0.3, -0.25) is 4.79 Å². The topological polar surface area (TPSA) is 51.5 Å². The molecule has 6 heteroatoms. The first kappa shape index (κ1) is 14.9. The van der Waals surface area contributed by atoms with E-state index in [2.05, 4.69) is 21.2 Å². The van der Waals surface area contributed by atoms with E-state index in [1.54, 1.807) is 37.4 Å². The maximum absolute atomic E-state index is 12.3. The number of carbonyl (C=O) groups is 1. The van der Waals surface area contributed by atoms with Crippen molar-refractivity contribution in [3.63, 3.8) is 0 Å². The maximum Gasteiger partial charge on any atom is 0.291 e. The van der Waals surface area contributed by atoms with Gasteiger partial charge in [-0.05, 0) is 46.3 Å². The van der Waals surface area contributed by atoms with E-state index in [-0.39, 0.29) is 11.7 Å². The Kier molecular flexibility index (Phi) is 4.09. The van der Waals surface area contributed by atoms with Crippen molar-refractivity contribution in [2.24, 2.45) is 0 Å². The second-order valence-electron chi connectivity index (χ2n) is 4.57. The molecule has 0 bridgehead atoms. The Morgan fingerprint density at radius 3 is 2.82 bits per heavy atom. The second kappa shape index (κ2) is 6.02. The number of hydrogen-bond donors (Lipinski definition) is 1. The van der Waals surface area contributed by atoms with Gasteiger partial charge in [-0.1, -0.05) is 23.7 Å². The van der Waals surface area contributed by atoms with Gasteiger partial charge < -0.3 is 14.5 Å².